The van der Waals surface area contributed by atoms with Crippen LogP contribution >= 0.6 is 23.4 Å². The molecule has 1 atom stereocenters. The number of benzene rings is 5. The van der Waals surface area contributed by atoms with Crippen LogP contribution in [-0.2, 0) is 9.59 Å². The maximum absolute atomic E-state index is 14.7. The first-order valence-electron chi connectivity index (χ1n) is 14.5. The van der Waals surface area contributed by atoms with Gasteiger partial charge in [-0.15, -0.1) is 11.8 Å². The van der Waals surface area contributed by atoms with Crippen LogP contribution < -0.4 is 16.0 Å². The van der Waals surface area contributed by atoms with Gasteiger partial charge in [0.15, 0.2) is 0 Å². The lowest BCUT2D eigenvalue weighted by Crippen LogP contribution is -2.30. The standard InChI is InChI=1S/C37H27ClFN3O5S/c38-30-15-8-16-31(39)29(30)22-32(42-34(43)24-11-5-2-6-12-24)35(44)41-27-13-7-14-28(21-27)48-33(23-9-3-1-4-10-23)36(45)40-26-19-17-25(18-20-26)37(46)47/h1-22,33H,(H,40,45)(H,41,44)(H,42,43)(H,46,47)/b32-22+. The third kappa shape index (κ3) is 8.75. The van der Waals surface area contributed by atoms with Crippen molar-refractivity contribution in [3.05, 3.63) is 166 Å². The van der Waals surface area contributed by atoms with Crippen molar-refractivity contribution in [1.29, 1.82) is 0 Å². The van der Waals surface area contributed by atoms with Crippen LogP contribution in [0.2, 0.25) is 5.02 Å². The molecule has 0 aliphatic rings. The van der Waals surface area contributed by atoms with Crippen molar-refractivity contribution >= 4 is 64.5 Å². The SMILES string of the molecule is O=C(Nc1cccc(SC(C(=O)Nc2ccc(C(=O)O)cc2)c2ccccc2)c1)/C(=C\c1c(F)cccc1Cl)NC(=O)c1ccccc1. The monoisotopic (exact) mass is 679 g/mol. The molecule has 1 unspecified atom stereocenters. The minimum atomic E-state index is -1.07. The highest BCUT2D eigenvalue weighted by Crippen LogP contribution is 2.37. The van der Waals surface area contributed by atoms with Gasteiger partial charge in [0.1, 0.15) is 16.8 Å². The van der Waals surface area contributed by atoms with E-state index in [1.807, 2.05) is 30.3 Å². The van der Waals surface area contributed by atoms with E-state index in [1.54, 1.807) is 54.6 Å². The van der Waals surface area contributed by atoms with Crippen LogP contribution in [0.4, 0.5) is 15.8 Å². The highest BCUT2D eigenvalue weighted by molar-refractivity contribution is 8.00. The fourth-order valence-electron chi connectivity index (χ4n) is 4.52. The maximum Gasteiger partial charge on any atom is 0.335 e. The van der Waals surface area contributed by atoms with Crippen molar-refractivity contribution in [2.45, 2.75) is 10.1 Å². The van der Waals surface area contributed by atoms with Crippen molar-refractivity contribution < 1.29 is 28.7 Å². The molecule has 5 aromatic carbocycles. The van der Waals surface area contributed by atoms with Crippen LogP contribution in [0.25, 0.3) is 6.08 Å². The van der Waals surface area contributed by atoms with Crippen molar-refractivity contribution in [3.63, 3.8) is 0 Å². The summed E-state index contributed by atoms with van der Waals surface area (Å²) in [5, 5.41) is 16.7. The van der Waals surface area contributed by atoms with Gasteiger partial charge in [-0.25, -0.2) is 9.18 Å². The quantitative estimate of drug-likeness (QED) is 0.0827. The summed E-state index contributed by atoms with van der Waals surface area (Å²) in [6.07, 6.45) is 1.17. The molecule has 3 amide bonds. The highest BCUT2D eigenvalue weighted by atomic mass is 35.5. The topological polar surface area (TPSA) is 125 Å². The summed E-state index contributed by atoms with van der Waals surface area (Å²) in [6.45, 7) is 0. The van der Waals surface area contributed by atoms with E-state index < -0.39 is 28.9 Å². The number of amides is 3. The summed E-state index contributed by atoms with van der Waals surface area (Å²) in [7, 11) is 0. The second-order valence-electron chi connectivity index (χ2n) is 10.3. The molecule has 0 aliphatic heterocycles. The first-order chi connectivity index (χ1) is 23.2. The Bertz CT molecular complexity index is 1970. The van der Waals surface area contributed by atoms with E-state index in [1.165, 1.54) is 60.3 Å². The van der Waals surface area contributed by atoms with E-state index in [0.29, 0.717) is 21.8 Å². The molecule has 4 N–H and O–H groups in total. The number of nitrogens with one attached hydrogen (secondary N) is 3. The number of carbonyl (C=O) groups is 4. The molecular formula is C37H27ClFN3O5S. The Balaban J connectivity index is 1.39. The highest BCUT2D eigenvalue weighted by Gasteiger charge is 2.23. The Kier molecular flexibility index (Phi) is 11.0. The van der Waals surface area contributed by atoms with Crippen LogP contribution in [0.15, 0.2) is 138 Å². The predicted octanol–water partition coefficient (Wildman–Crippen LogP) is 8.06. The average molecular weight is 680 g/mol. The van der Waals surface area contributed by atoms with E-state index in [0.717, 1.165) is 0 Å². The maximum atomic E-state index is 14.7. The third-order valence-electron chi connectivity index (χ3n) is 6.90. The van der Waals surface area contributed by atoms with Crippen molar-refractivity contribution in [2.24, 2.45) is 0 Å². The molecule has 48 heavy (non-hydrogen) atoms. The third-order valence-corrected chi connectivity index (χ3v) is 8.48. The van der Waals surface area contributed by atoms with Gasteiger partial charge in [0.25, 0.3) is 11.8 Å². The number of aromatic carboxylic acids is 1. The molecule has 0 heterocycles. The summed E-state index contributed by atoms with van der Waals surface area (Å²) in [6, 6.07) is 34.0. The Labute approximate surface area is 284 Å². The van der Waals surface area contributed by atoms with Crippen LogP contribution in [-0.4, -0.2) is 28.8 Å². The number of thioether (sulfide) groups is 1. The Morgan fingerprint density at radius 3 is 2.06 bits per heavy atom. The van der Waals surface area contributed by atoms with Gasteiger partial charge in [-0.05, 0) is 78.4 Å². The molecule has 0 spiro atoms. The summed E-state index contributed by atoms with van der Waals surface area (Å²) < 4.78 is 14.7. The largest absolute Gasteiger partial charge is 0.478 e. The molecule has 0 saturated heterocycles. The second-order valence-corrected chi connectivity index (χ2v) is 11.9. The lowest BCUT2D eigenvalue weighted by Gasteiger charge is -2.18. The number of rotatable bonds is 11. The van der Waals surface area contributed by atoms with Crippen molar-refractivity contribution in [3.8, 4) is 0 Å². The Morgan fingerprint density at radius 2 is 1.40 bits per heavy atom. The lowest BCUT2D eigenvalue weighted by molar-refractivity contribution is -0.116. The van der Waals surface area contributed by atoms with Gasteiger partial charge in [-0.2, -0.15) is 0 Å². The van der Waals surface area contributed by atoms with Gasteiger partial charge in [0.2, 0.25) is 5.91 Å². The number of carboxylic acids is 1. The number of hydrogen-bond acceptors (Lipinski definition) is 5. The van der Waals surface area contributed by atoms with Gasteiger partial charge >= 0.3 is 5.97 Å². The van der Waals surface area contributed by atoms with Gasteiger partial charge in [0.05, 0.1) is 10.6 Å². The lowest BCUT2D eigenvalue weighted by atomic mass is 10.1. The second kappa shape index (κ2) is 15.7. The average Bonchev–Trinajstić information content (AvgIpc) is 3.09. The number of carbonyl (C=O) groups excluding carboxylic acids is 3. The molecule has 240 valence electrons. The minimum Gasteiger partial charge on any atom is -0.478 e. The summed E-state index contributed by atoms with van der Waals surface area (Å²) in [5.41, 5.74) is 1.56. The fourth-order valence-corrected chi connectivity index (χ4v) is 5.82. The van der Waals surface area contributed by atoms with E-state index in [4.69, 9.17) is 11.6 Å². The first-order valence-corrected chi connectivity index (χ1v) is 15.7. The molecule has 0 fully saturated rings. The zero-order valence-corrected chi connectivity index (χ0v) is 26.6. The van der Waals surface area contributed by atoms with Crippen LogP contribution in [0.3, 0.4) is 0 Å². The van der Waals surface area contributed by atoms with E-state index in [-0.39, 0.29) is 33.3 Å². The van der Waals surface area contributed by atoms with Crippen LogP contribution in [0.5, 0.6) is 0 Å². The molecule has 0 aliphatic carbocycles. The van der Waals surface area contributed by atoms with E-state index in [9.17, 15) is 28.7 Å². The fraction of sp³-hybridized carbons (Fsp3) is 0.0270. The number of anilines is 2. The number of halogens is 2. The van der Waals surface area contributed by atoms with Crippen LogP contribution in [0, 0.1) is 5.82 Å². The summed E-state index contributed by atoms with van der Waals surface area (Å²) in [5.74, 6) is -3.41. The molecule has 0 radical (unpaired) electrons. The molecule has 5 rings (SSSR count). The normalized spacial score (nSPS) is 11.7. The van der Waals surface area contributed by atoms with E-state index in [2.05, 4.69) is 16.0 Å². The zero-order valence-electron chi connectivity index (χ0n) is 25.0. The molecule has 0 aromatic heterocycles. The molecule has 0 bridgehead atoms. The smallest absolute Gasteiger partial charge is 0.335 e. The van der Waals surface area contributed by atoms with Gasteiger partial charge < -0.3 is 21.1 Å². The number of carboxylic acid groups (broad SMARTS) is 1. The van der Waals surface area contributed by atoms with Crippen LogP contribution in [0.1, 0.15) is 37.1 Å². The molecule has 11 heteroatoms. The van der Waals surface area contributed by atoms with Gasteiger partial charge in [-0.3, -0.25) is 14.4 Å². The zero-order chi connectivity index (χ0) is 34.0. The minimum absolute atomic E-state index is 0.0516. The first kappa shape index (κ1) is 33.6. The Hall–Kier alpha value is -5.71. The van der Waals surface area contributed by atoms with Crippen molar-refractivity contribution in [2.75, 3.05) is 10.6 Å². The van der Waals surface area contributed by atoms with E-state index >= 15 is 0 Å². The van der Waals surface area contributed by atoms with Gasteiger partial charge in [0, 0.05) is 27.4 Å². The summed E-state index contributed by atoms with van der Waals surface area (Å²) >= 11 is 7.45. The van der Waals surface area contributed by atoms with Gasteiger partial charge in [-0.1, -0.05) is 72.3 Å². The molecule has 8 nitrogen and oxygen atoms in total. The Morgan fingerprint density at radius 1 is 0.729 bits per heavy atom. The number of hydrogen-bond donors (Lipinski definition) is 4. The molecule has 0 saturated carbocycles. The predicted molar refractivity (Wildman–Crippen MR) is 185 cm³/mol. The molecular weight excluding hydrogens is 653 g/mol. The molecule has 5 aromatic rings. The summed E-state index contributed by atoms with van der Waals surface area (Å²) in [4.78, 5) is 52.0. The van der Waals surface area contributed by atoms with Crippen molar-refractivity contribution in [1.82, 2.24) is 5.32 Å².